The van der Waals surface area contributed by atoms with Crippen molar-refractivity contribution in [2.75, 3.05) is 17.2 Å². The summed E-state index contributed by atoms with van der Waals surface area (Å²) in [6.45, 7) is 0.266. The van der Waals surface area contributed by atoms with Crippen LogP contribution in [0.15, 0.2) is 42.5 Å². The zero-order valence-corrected chi connectivity index (χ0v) is 13.8. The van der Waals surface area contributed by atoms with Gasteiger partial charge in [-0.1, -0.05) is 23.2 Å². The first kappa shape index (κ1) is 18.4. The number of carbonyl (C=O) groups is 1. The van der Waals surface area contributed by atoms with E-state index in [0.29, 0.717) is 21.4 Å². The quantitative estimate of drug-likeness (QED) is 0.727. The van der Waals surface area contributed by atoms with E-state index in [-0.39, 0.29) is 18.9 Å². The molecule has 0 unspecified atom stereocenters. The smallest absolute Gasteiger partial charge is 0.385 e. The Morgan fingerprint density at radius 3 is 2.29 bits per heavy atom. The minimum absolute atomic E-state index is 0.125. The summed E-state index contributed by atoms with van der Waals surface area (Å²) in [5.41, 5.74) is 0.226. The molecule has 0 aliphatic heterocycles. The lowest BCUT2D eigenvalue weighted by Crippen LogP contribution is -2.16. The van der Waals surface area contributed by atoms with Crippen LogP contribution in [0.3, 0.4) is 0 Å². The van der Waals surface area contributed by atoms with Gasteiger partial charge in [0, 0.05) is 23.7 Å². The maximum Gasteiger partial charge on any atom is 0.416 e. The van der Waals surface area contributed by atoms with Gasteiger partial charge in [0.1, 0.15) is 0 Å². The van der Waals surface area contributed by atoms with Gasteiger partial charge in [-0.05, 0) is 42.5 Å². The topological polar surface area (TPSA) is 41.1 Å². The molecule has 1 amide bonds. The predicted molar refractivity (Wildman–Crippen MR) is 89.6 cm³/mol. The zero-order chi connectivity index (χ0) is 17.7. The summed E-state index contributed by atoms with van der Waals surface area (Å²) in [5, 5.41) is 6.30. The van der Waals surface area contributed by atoms with Crippen molar-refractivity contribution in [2.45, 2.75) is 12.6 Å². The molecule has 128 valence electrons. The van der Waals surface area contributed by atoms with Crippen LogP contribution < -0.4 is 10.6 Å². The van der Waals surface area contributed by atoms with Crippen LogP contribution in [0.1, 0.15) is 12.0 Å². The largest absolute Gasteiger partial charge is 0.416 e. The highest BCUT2D eigenvalue weighted by atomic mass is 35.5. The summed E-state index contributed by atoms with van der Waals surface area (Å²) in [6.07, 6.45) is -4.24. The van der Waals surface area contributed by atoms with Crippen molar-refractivity contribution < 1.29 is 18.0 Å². The Balaban J connectivity index is 1.82. The number of anilines is 2. The van der Waals surface area contributed by atoms with Gasteiger partial charge >= 0.3 is 6.18 Å². The van der Waals surface area contributed by atoms with Crippen LogP contribution in [0.5, 0.6) is 0 Å². The number of amides is 1. The lowest BCUT2D eigenvalue weighted by molar-refractivity contribution is -0.137. The van der Waals surface area contributed by atoms with Gasteiger partial charge < -0.3 is 10.6 Å². The molecule has 0 heterocycles. The zero-order valence-electron chi connectivity index (χ0n) is 12.3. The summed E-state index contributed by atoms with van der Waals surface area (Å²) in [5.74, 6) is -0.279. The molecule has 0 saturated heterocycles. The molecule has 0 radical (unpaired) electrons. The van der Waals surface area contributed by atoms with E-state index in [1.807, 2.05) is 0 Å². The molecule has 0 saturated carbocycles. The first-order valence-electron chi connectivity index (χ1n) is 6.92. The molecule has 2 rings (SSSR count). The number of nitrogens with one attached hydrogen (secondary N) is 2. The Morgan fingerprint density at radius 1 is 1.04 bits per heavy atom. The van der Waals surface area contributed by atoms with Gasteiger partial charge in [0.2, 0.25) is 5.91 Å². The number of benzene rings is 2. The van der Waals surface area contributed by atoms with Gasteiger partial charge in [-0.2, -0.15) is 13.2 Å². The van der Waals surface area contributed by atoms with Crippen molar-refractivity contribution >= 4 is 40.5 Å². The third kappa shape index (κ3) is 5.32. The minimum atomic E-state index is -4.36. The van der Waals surface area contributed by atoms with E-state index in [9.17, 15) is 18.0 Å². The fraction of sp³-hybridized carbons (Fsp3) is 0.188. The first-order chi connectivity index (χ1) is 11.3. The van der Waals surface area contributed by atoms with E-state index in [0.717, 1.165) is 12.1 Å². The maximum absolute atomic E-state index is 12.4. The maximum atomic E-state index is 12.4. The molecule has 24 heavy (non-hydrogen) atoms. The van der Waals surface area contributed by atoms with Crippen LogP contribution in [-0.4, -0.2) is 12.5 Å². The standard InChI is InChI=1S/C16H13Cl2F3N2O/c17-11-3-6-14(13(18)9-11)23-15(24)7-8-22-12-4-1-10(2-5-12)16(19,20)21/h1-6,9,22H,7-8H2,(H,23,24). The normalized spacial score (nSPS) is 11.2. The molecule has 8 heteroatoms. The summed E-state index contributed by atoms with van der Waals surface area (Å²) in [6, 6.07) is 9.30. The Bertz CT molecular complexity index is 718. The van der Waals surface area contributed by atoms with Crippen LogP contribution in [0.4, 0.5) is 24.5 Å². The molecule has 0 fully saturated rings. The number of rotatable bonds is 5. The first-order valence-corrected chi connectivity index (χ1v) is 7.67. The molecule has 2 N–H and O–H groups in total. The van der Waals surface area contributed by atoms with E-state index < -0.39 is 11.7 Å². The van der Waals surface area contributed by atoms with Crippen LogP contribution in [-0.2, 0) is 11.0 Å². The Kier molecular flexibility index (Phi) is 5.96. The molecule has 2 aromatic carbocycles. The average molecular weight is 377 g/mol. The summed E-state index contributed by atoms with van der Waals surface area (Å²) < 4.78 is 37.3. The van der Waals surface area contributed by atoms with Gasteiger partial charge in [0.15, 0.2) is 0 Å². The molecule has 0 atom stereocenters. The monoisotopic (exact) mass is 376 g/mol. The van der Waals surface area contributed by atoms with E-state index >= 15 is 0 Å². The van der Waals surface area contributed by atoms with E-state index in [4.69, 9.17) is 23.2 Å². The summed E-state index contributed by atoms with van der Waals surface area (Å²) >= 11 is 11.7. The number of alkyl halides is 3. The van der Waals surface area contributed by atoms with Crippen LogP contribution in [0, 0.1) is 0 Å². The number of hydrogen-bond donors (Lipinski definition) is 2. The molecular formula is C16H13Cl2F3N2O. The highest BCUT2D eigenvalue weighted by Gasteiger charge is 2.29. The van der Waals surface area contributed by atoms with Gasteiger partial charge in [0.05, 0.1) is 16.3 Å². The van der Waals surface area contributed by atoms with Crippen molar-refractivity contribution in [3.8, 4) is 0 Å². The summed E-state index contributed by atoms with van der Waals surface area (Å²) in [7, 11) is 0. The number of carbonyl (C=O) groups excluding carboxylic acids is 1. The van der Waals surface area contributed by atoms with Gasteiger partial charge in [0.25, 0.3) is 0 Å². The molecule has 0 aliphatic rings. The second-order valence-corrected chi connectivity index (χ2v) is 5.77. The van der Waals surface area contributed by atoms with E-state index in [2.05, 4.69) is 10.6 Å². The lowest BCUT2D eigenvalue weighted by Gasteiger charge is -2.10. The third-order valence-corrected chi connectivity index (χ3v) is 3.65. The predicted octanol–water partition coefficient (Wildman–Crippen LogP) is 5.45. The Morgan fingerprint density at radius 2 is 1.71 bits per heavy atom. The Labute approximate surface area is 146 Å². The Hall–Kier alpha value is -1.92. The van der Waals surface area contributed by atoms with Crippen molar-refractivity contribution in [1.82, 2.24) is 0 Å². The highest BCUT2D eigenvalue weighted by Crippen LogP contribution is 2.29. The molecule has 2 aromatic rings. The minimum Gasteiger partial charge on any atom is -0.385 e. The summed E-state index contributed by atoms with van der Waals surface area (Å²) in [4.78, 5) is 11.8. The molecule has 0 aliphatic carbocycles. The SMILES string of the molecule is O=C(CCNc1ccc(C(F)(F)F)cc1)Nc1ccc(Cl)cc1Cl. The third-order valence-electron chi connectivity index (χ3n) is 3.10. The van der Waals surface area contributed by atoms with Crippen LogP contribution in [0.25, 0.3) is 0 Å². The second kappa shape index (κ2) is 7.77. The fourth-order valence-corrected chi connectivity index (χ4v) is 2.36. The van der Waals surface area contributed by atoms with Gasteiger partial charge in [-0.3, -0.25) is 4.79 Å². The fourth-order valence-electron chi connectivity index (χ4n) is 1.90. The highest BCUT2D eigenvalue weighted by molar-refractivity contribution is 6.36. The van der Waals surface area contributed by atoms with E-state index in [1.54, 1.807) is 12.1 Å². The van der Waals surface area contributed by atoms with Crippen molar-refractivity contribution in [2.24, 2.45) is 0 Å². The number of hydrogen-bond acceptors (Lipinski definition) is 2. The molecule has 0 aromatic heterocycles. The molecule has 0 spiro atoms. The van der Waals surface area contributed by atoms with Crippen LogP contribution >= 0.6 is 23.2 Å². The second-order valence-electron chi connectivity index (χ2n) is 4.92. The van der Waals surface area contributed by atoms with Crippen molar-refractivity contribution in [3.63, 3.8) is 0 Å². The molecule has 3 nitrogen and oxygen atoms in total. The number of halogens is 5. The van der Waals surface area contributed by atoms with Crippen molar-refractivity contribution in [3.05, 3.63) is 58.1 Å². The van der Waals surface area contributed by atoms with Crippen molar-refractivity contribution in [1.29, 1.82) is 0 Å². The van der Waals surface area contributed by atoms with Crippen LogP contribution in [0.2, 0.25) is 10.0 Å². The molecular weight excluding hydrogens is 364 g/mol. The van der Waals surface area contributed by atoms with Gasteiger partial charge in [-0.25, -0.2) is 0 Å². The van der Waals surface area contributed by atoms with Gasteiger partial charge in [-0.15, -0.1) is 0 Å². The lowest BCUT2D eigenvalue weighted by atomic mass is 10.2. The van der Waals surface area contributed by atoms with E-state index in [1.165, 1.54) is 18.2 Å². The molecule has 0 bridgehead atoms. The average Bonchev–Trinajstić information content (AvgIpc) is 2.50.